The van der Waals surface area contributed by atoms with Gasteiger partial charge in [0.05, 0.1) is 74.1 Å². The largest absolute Gasteiger partial charge is 0.458 e. The molecule has 4 aromatic rings. The Morgan fingerprint density at radius 1 is 0.810 bits per heavy atom. The minimum absolute atomic E-state index is 0.0189. The van der Waals surface area contributed by atoms with E-state index in [0.29, 0.717) is 57.4 Å². The number of carbonyl (C=O) groups excluding carboxylic acids is 10. The van der Waals surface area contributed by atoms with Crippen molar-refractivity contribution in [2.75, 3.05) is 52.6 Å². The number of aliphatic hydroxyl groups is 1. The van der Waals surface area contributed by atoms with Crippen LogP contribution in [-0.2, 0) is 93.8 Å². The molecule has 6 N–H and O–H groups in total. The third-order valence-corrected chi connectivity index (χ3v) is 15.5. The smallest absolute Gasteiger partial charge is 0.343 e. The van der Waals surface area contributed by atoms with Crippen molar-refractivity contribution in [1.82, 2.24) is 41.0 Å². The van der Waals surface area contributed by atoms with Crippen molar-refractivity contribution in [3.63, 3.8) is 0 Å². The van der Waals surface area contributed by atoms with E-state index in [1.54, 1.807) is 50.2 Å². The number of aryl methyl sites for hydroxylation is 1. The summed E-state index contributed by atoms with van der Waals surface area (Å²) < 4.78 is 32.9. The molecule has 5 heterocycles. The van der Waals surface area contributed by atoms with Crippen molar-refractivity contribution in [3.8, 4) is 11.4 Å². The summed E-state index contributed by atoms with van der Waals surface area (Å²) in [6.07, 6.45) is 1.53. The lowest BCUT2D eigenvalue weighted by Crippen LogP contribution is -2.44. The summed E-state index contributed by atoms with van der Waals surface area (Å²) in [7, 11) is 0. The van der Waals surface area contributed by atoms with Gasteiger partial charge in [0.25, 0.3) is 17.4 Å². The van der Waals surface area contributed by atoms with Crippen molar-refractivity contribution in [3.05, 3.63) is 109 Å². The Bertz CT molecular complexity index is 3380. The summed E-state index contributed by atoms with van der Waals surface area (Å²) in [4.78, 5) is 147. The van der Waals surface area contributed by atoms with Crippen LogP contribution >= 0.6 is 0 Å². The molecular formula is C60H69FN8O15. The number of Topliss-reactive ketones (excluding diaryl/α,β-unsaturated/α-hetero) is 2. The van der Waals surface area contributed by atoms with E-state index in [2.05, 4.69) is 26.6 Å². The van der Waals surface area contributed by atoms with Gasteiger partial charge >= 0.3 is 5.97 Å². The predicted octanol–water partition coefficient (Wildman–Crippen LogP) is 2.31. The molecule has 2 aromatic heterocycles. The third kappa shape index (κ3) is 14.5. The van der Waals surface area contributed by atoms with Crippen LogP contribution in [0.1, 0.15) is 123 Å². The van der Waals surface area contributed by atoms with E-state index in [1.807, 2.05) is 0 Å². The highest BCUT2D eigenvalue weighted by Gasteiger charge is 2.46. The number of rotatable bonds is 30. The van der Waals surface area contributed by atoms with Crippen molar-refractivity contribution >= 4 is 69.8 Å². The van der Waals surface area contributed by atoms with E-state index in [0.717, 1.165) is 16.0 Å². The molecule has 446 valence electrons. The second-order valence-corrected chi connectivity index (χ2v) is 21.2. The van der Waals surface area contributed by atoms with E-state index in [1.165, 1.54) is 23.6 Å². The molecule has 2 aromatic carbocycles. The SMILES string of the molecule is CC[C@@]1(O)C(=O)OCc2c1cc1n(c2=O)Cc2c-1nc1cc(F)c(C)c3c1c2C(NC(=O)CCCNC(=O)CCC(=O)[C@H](Cc1ccccc1)NC(=O)CCC(=O)CNC(=O)CCOCCOCCNC(=O)CCN1C(=O)C=C(C)C1=O)CC3. The number of hydrogen-bond donors (Lipinski definition) is 6. The number of benzene rings is 2. The Morgan fingerprint density at radius 3 is 2.26 bits per heavy atom. The highest BCUT2D eigenvalue weighted by atomic mass is 19.1. The molecule has 0 fully saturated rings. The van der Waals surface area contributed by atoms with Crippen LogP contribution in [0.5, 0.6) is 0 Å². The van der Waals surface area contributed by atoms with Crippen LogP contribution in [0.2, 0.25) is 0 Å². The highest BCUT2D eigenvalue weighted by Crippen LogP contribution is 2.46. The zero-order chi connectivity index (χ0) is 60.2. The van der Waals surface area contributed by atoms with E-state index >= 15 is 4.39 Å². The molecule has 1 unspecified atom stereocenters. The first kappa shape index (κ1) is 61.7. The van der Waals surface area contributed by atoms with E-state index < -0.39 is 76.1 Å². The Labute approximate surface area is 482 Å². The fourth-order valence-electron chi connectivity index (χ4n) is 10.8. The van der Waals surface area contributed by atoms with Crippen LogP contribution in [0.3, 0.4) is 0 Å². The summed E-state index contributed by atoms with van der Waals surface area (Å²) in [5, 5.41) is 25.8. The van der Waals surface area contributed by atoms with Gasteiger partial charge in [0.2, 0.25) is 29.5 Å². The van der Waals surface area contributed by atoms with Gasteiger partial charge in [-0.2, -0.15) is 0 Å². The van der Waals surface area contributed by atoms with Crippen LogP contribution in [0, 0.1) is 12.7 Å². The van der Waals surface area contributed by atoms with Crippen molar-refractivity contribution in [1.29, 1.82) is 0 Å². The standard InChI is InChI=1S/C60H69FN8O15/c1-4-60(81)41-29-46-56-39(32-69(46)58(79)40(41)33-84-59(60)80)55-43(14-13-38-35(3)42(61)30-45(67-56)54(38)55)65-51(75)11-8-20-62-48(72)17-15-47(71)44(28-36-9-6-5-7-10-36)66-52(76)16-12-37(70)31-64-50(74)19-23-82-25-26-83-24-21-63-49(73)18-22-68-53(77)27-34(2)57(68)78/h5-7,9-10,27,29-30,43-44,81H,4,8,11-26,28,31-33H2,1-3H3,(H,62,72)(H,63,73)(H,64,74)(H,65,75)(H,66,76)/t43?,44-,60-/m0/s1. The molecule has 3 aliphatic heterocycles. The average molecular weight is 1160 g/mol. The molecule has 0 spiro atoms. The molecule has 8 rings (SSSR count). The number of amides is 7. The molecule has 4 aliphatic rings. The van der Waals surface area contributed by atoms with Gasteiger partial charge in [-0.1, -0.05) is 37.3 Å². The molecule has 7 amide bonds. The first-order chi connectivity index (χ1) is 40.3. The van der Waals surface area contributed by atoms with Gasteiger partial charge < -0.3 is 50.5 Å². The number of pyridine rings is 2. The van der Waals surface area contributed by atoms with Crippen molar-refractivity contribution in [2.24, 2.45) is 0 Å². The molecule has 0 radical (unpaired) electrons. The maximum absolute atomic E-state index is 15.4. The number of hydrogen-bond acceptors (Lipinski definition) is 16. The molecule has 84 heavy (non-hydrogen) atoms. The Kier molecular flexibility index (Phi) is 20.4. The number of carbonyl (C=O) groups is 10. The maximum atomic E-state index is 15.4. The Hall–Kier alpha value is -8.35. The van der Waals surface area contributed by atoms with Gasteiger partial charge in [0.1, 0.15) is 12.4 Å². The van der Waals surface area contributed by atoms with Gasteiger partial charge in [-0.15, -0.1) is 0 Å². The fraction of sp³-hybridized carbons (Fsp3) is 0.467. The molecule has 1 aliphatic carbocycles. The normalized spacial score (nSPS) is 16.9. The quantitative estimate of drug-likeness (QED) is 0.0218. The highest BCUT2D eigenvalue weighted by molar-refractivity contribution is 6.16. The second kappa shape index (κ2) is 27.8. The molecule has 0 saturated carbocycles. The minimum atomic E-state index is -2.04. The van der Waals surface area contributed by atoms with Crippen LogP contribution in [0.4, 0.5) is 4.39 Å². The molecular weight excluding hydrogens is 1090 g/mol. The molecule has 0 saturated heterocycles. The van der Waals surface area contributed by atoms with Gasteiger partial charge in [-0.05, 0) is 74.3 Å². The summed E-state index contributed by atoms with van der Waals surface area (Å²) >= 11 is 0. The predicted molar refractivity (Wildman–Crippen MR) is 299 cm³/mol. The van der Waals surface area contributed by atoms with Gasteiger partial charge in [0, 0.05) is 98.8 Å². The molecule has 24 heteroatoms. The van der Waals surface area contributed by atoms with E-state index in [9.17, 15) is 57.8 Å². The number of aromatic nitrogens is 2. The summed E-state index contributed by atoms with van der Waals surface area (Å²) in [6.45, 7) is 5.19. The number of nitrogens with zero attached hydrogens (tertiary/aromatic N) is 3. The van der Waals surface area contributed by atoms with Gasteiger partial charge in [0.15, 0.2) is 17.2 Å². The summed E-state index contributed by atoms with van der Waals surface area (Å²) in [6, 6.07) is 10.3. The lowest BCUT2D eigenvalue weighted by Gasteiger charge is -2.31. The number of fused-ring (bicyclic) bond motifs is 5. The van der Waals surface area contributed by atoms with Gasteiger partial charge in [-0.25, -0.2) is 14.2 Å². The number of nitrogens with one attached hydrogen (secondary N) is 5. The zero-order valence-electron chi connectivity index (χ0n) is 47.2. The van der Waals surface area contributed by atoms with Crippen LogP contribution in [0.25, 0.3) is 22.3 Å². The van der Waals surface area contributed by atoms with Crippen LogP contribution in [0.15, 0.2) is 58.9 Å². The van der Waals surface area contributed by atoms with E-state index in [4.69, 9.17) is 19.2 Å². The first-order valence-corrected chi connectivity index (χ1v) is 28.3. The van der Waals surface area contributed by atoms with Crippen LogP contribution in [-0.4, -0.2) is 137 Å². The number of ether oxygens (including phenoxy) is 3. The maximum Gasteiger partial charge on any atom is 0.343 e. The monoisotopic (exact) mass is 1160 g/mol. The minimum Gasteiger partial charge on any atom is -0.458 e. The van der Waals surface area contributed by atoms with Crippen LogP contribution < -0.4 is 32.1 Å². The van der Waals surface area contributed by atoms with E-state index in [-0.39, 0.29) is 153 Å². The lowest BCUT2D eigenvalue weighted by molar-refractivity contribution is -0.172. The molecule has 23 nitrogen and oxygen atoms in total. The zero-order valence-corrected chi connectivity index (χ0v) is 47.2. The number of imide groups is 1. The molecule has 3 atom stereocenters. The van der Waals surface area contributed by atoms with Crippen molar-refractivity contribution < 1.29 is 71.7 Å². The Balaban J connectivity index is 0.735. The number of halogens is 1. The Morgan fingerprint density at radius 2 is 1.52 bits per heavy atom. The fourth-order valence-corrected chi connectivity index (χ4v) is 10.8. The topological polar surface area (TPSA) is 317 Å². The second-order valence-electron chi connectivity index (χ2n) is 21.2. The number of esters is 1. The lowest BCUT2D eigenvalue weighted by atomic mass is 9.81. The van der Waals surface area contributed by atoms with Gasteiger partial charge in [-0.3, -0.25) is 52.8 Å². The molecule has 0 bridgehead atoms. The third-order valence-electron chi connectivity index (χ3n) is 15.5. The summed E-state index contributed by atoms with van der Waals surface area (Å²) in [5.41, 5.74) is 2.56. The summed E-state index contributed by atoms with van der Waals surface area (Å²) in [5.74, 6) is -5.08. The number of ketones is 2. The number of cyclic esters (lactones) is 1. The average Bonchev–Trinajstić information content (AvgIpc) is 1.73. The van der Waals surface area contributed by atoms with Crippen molar-refractivity contribution in [2.45, 2.75) is 129 Å². The first-order valence-electron chi connectivity index (χ1n) is 28.3.